The van der Waals surface area contributed by atoms with Crippen LogP contribution >= 0.6 is 11.3 Å². The third-order valence-electron chi connectivity index (χ3n) is 2.56. The van der Waals surface area contributed by atoms with Crippen LogP contribution in [0.5, 0.6) is 5.75 Å². The number of ketones is 1. The molecule has 0 amide bonds. The Labute approximate surface area is 113 Å². The van der Waals surface area contributed by atoms with Crippen LogP contribution in [-0.4, -0.2) is 12.4 Å². The number of thiophene rings is 1. The van der Waals surface area contributed by atoms with Crippen LogP contribution < -0.4 is 4.74 Å². The van der Waals surface area contributed by atoms with E-state index in [9.17, 15) is 13.6 Å². The van der Waals surface area contributed by atoms with E-state index in [4.69, 9.17) is 4.74 Å². The van der Waals surface area contributed by atoms with Crippen LogP contribution in [0.4, 0.5) is 8.78 Å². The Balaban J connectivity index is 2.02. The van der Waals surface area contributed by atoms with E-state index in [2.05, 4.69) is 0 Å². The first-order chi connectivity index (χ1) is 9.11. The van der Waals surface area contributed by atoms with Crippen LogP contribution in [0, 0.1) is 11.6 Å². The lowest BCUT2D eigenvalue weighted by Gasteiger charge is -2.05. The summed E-state index contributed by atoms with van der Waals surface area (Å²) in [4.78, 5) is 13.5. The maximum atomic E-state index is 13.3. The molecule has 0 fully saturated rings. The highest BCUT2D eigenvalue weighted by Gasteiger charge is 2.13. The number of Topliss-reactive ketones (excluding diaryl/α,β-unsaturated/α-hetero) is 1. The number of rotatable bonds is 5. The summed E-state index contributed by atoms with van der Waals surface area (Å²) in [5.41, 5.74) is 0. The van der Waals surface area contributed by atoms with Gasteiger partial charge in [0.15, 0.2) is 18.2 Å². The fourth-order valence-corrected chi connectivity index (χ4v) is 2.40. The lowest BCUT2D eigenvalue weighted by molar-refractivity contribution is 0.0922. The van der Waals surface area contributed by atoms with Gasteiger partial charge in [0.1, 0.15) is 0 Å². The average molecular weight is 282 g/mol. The zero-order valence-electron chi connectivity index (χ0n) is 10.3. The number of halogens is 2. The van der Waals surface area contributed by atoms with Gasteiger partial charge in [-0.25, -0.2) is 4.39 Å². The second-order valence-electron chi connectivity index (χ2n) is 3.88. The van der Waals surface area contributed by atoms with Crippen molar-refractivity contribution >= 4 is 17.1 Å². The minimum absolute atomic E-state index is 0.242. The quantitative estimate of drug-likeness (QED) is 0.779. The van der Waals surface area contributed by atoms with Gasteiger partial charge in [0.05, 0.1) is 4.88 Å². The molecule has 100 valence electrons. The number of carbonyl (C=O) groups is 1. The van der Waals surface area contributed by atoms with Crippen LogP contribution in [0.1, 0.15) is 21.5 Å². The fraction of sp³-hybridized carbons (Fsp3) is 0.214. The highest BCUT2D eigenvalue weighted by molar-refractivity contribution is 7.14. The zero-order chi connectivity index (χ0) is 13.8. The lowest BCUT2D eigenvalue weighted by Crippen LogP contribution is -2.11. The van der Waals surface area contributed by atoms with Crippen LogP contribution in [0.25, 0.3) is 0 Å². The molecule has 1 aromatic heterocycles. The third kappa shape index (κ3) is 3.17. The van der Waals surface area contributed by atoms with Crippen molar-refractivity contribution in [3.8, 4) is 5.75 Å². The molecule has 2 nitrogen and oxygen atoms in total. The van der Waals surface area contributed by atoms with Gasteiger partial charge in [-0.15, -0.1) is 11.3 Å². The van der Waals surface area contributed by atoms with Crippen LogP contribution in [0.15, 0.2) is 30.3 Å². The Hall–Kier alpha value is -1.75. The van der Waals surface area contributed by atoms with Gasteiger partial charge in [-0.2, -0.15) is 4.39 Å². The van der Waals surface area contributed by atoms with E-state index in [1.807, 2.05) is 13.0 Å². The van der Waals surface area contributed by atoms with E-state index >= 15 is 0 Å². The second kappa shape index (κ2) is 5.93. The number of aryl methyl sites for hydroxylation is 1. The molecular weight excluding hydrogens is 270 g/mol. The van der Waals surface area contributed by atoms with Gasteiger partial charge in [-0.05, 0) is 30.7 Å². The molecule has 1 heterocycles. The Morgan fingerprint density at radius 3 is 2.74 bits per heavy atom. The van der Waals surface area contributed by atoms with Crippen LogP contribution in [0.3, 0.4) is 0 Å². The van der Waals surface area contributed by atoms with Crippen LogP contribution in [-0.2, 0) is 6.42 Å². The van der Waals surface area contributed by atoms with E-state index in [0.29, 0.717) is 4.88 Å². The van der Waals surface area contributed by atoms with E-state index in [1.54, 1.807) is 6.07 Å². The van der Waals surface area contributed by atoms with Crippen molar-refractivity contribution in [3.05, 3.63) is 51.7 Å². The van der Waals surface area contributed by atoms with Gasteiger partial charge in [0, 0.05) is 4.88 Å². The maximum absolute atomic E-state index is 13.3. The predicted octanol–water partition coefficient (Wildman–Crippen LogP) is 3.85. The standard InChI is InChI=1S/C14H12F2O2S/c1-2-9-6-7-13(19-9)11(17)8-18-12-5-3-4-10(15)14(12)16/h3-7H,2,8H2,1H3. The van der Waals surface area contributed by atoms with Gasteiger partial charge in [0.25, 0.3) is 0 Å². The molecular formula is C14H12F2O2S. The number of ether oxygens (including phenoxy) is 1. The maximum Gasteiger partial charge on any atom is 0.210 e. The first-order valence-electron chi connectivity index (χ1n) is 5.80. The molecule has 5 heteroatoms. The fourth-order valence-electron chi connectivity index (χ4n) is 1.53. The SMILES string of the molecule is CCc1ccc(C(=O)COc2cccc(F)c2F)s1. The molecule has 19 heavy (non-hydrogen) atoms. The molecule has 0 unspecified atom stereocenters. The monoisotopic (exact) mass is 282 g/mol. The van der Waals surface area contributed by atoms with E-state index in [0.717, 1.165) is 17.4 Å². The number of hydrogen-bond donors (Lipinski definition) is 0. The normalized spacial score (nSPS) is 10.5. The molecule has 2 aromatic rings. The number of hydrogen-bond acceptors (Lipinski definition) is 3. The first-order valence-corrected chi connectivity index (χ1v) is 6.62. The molecule has 0 saturated carbocycles. The summed E-state index contributed by atoms with van der Waals surface area (Å²) in [5, 5.41) is 0. The van der Waals surface area contributed by atoms with E-state index in [1.165, 1.54) is 23.5 Å². The van der Waals surface area contributed by atoms with E-state index < -0.39 is 11.6 Å². The molecule has 0 bridgehead atoms. The number of carbonyl (C=O) groups excluding carboxylic acids is 1. The Kier molecular flexibility index (Phi) is 4.27. The summed E-state index contributed by atoms with van der Waals surface area (Å²) < 4.78 is 31.3. The summed E-state index contributed by atoms with van der Waals surface area (Å²) >= 11 is 1.39. The van der Waals surface area contributed by atoms with Gasteiger partial charge in [0.2, 0.25) is 11.6 Å². The Bertz CT molecular complexity index is 593. The highest BCUT2D eigenvalue weighted by atomic mass is 32.1. The van der Waals surface area contributed by atoms with Crippen molar-refractivity contribution in [2.75, 3.05) is 6.61 Å². The largest absolute Gasteiger partial charge is 0.482 e. The van der Waals surface area contributed by atoms with E-state index in [-0.39, 0.29) is 18.1 Å². The van der Waals surface area contributed by atoms with Crippen molar-refractivity contribution in [1.29, 1.82) is 0 Å². The molecule has 0 aliphatic carbocycles. The average Bonchev–Trinajstić information content (AvgIpc) is 2.89. The second-order valence-corrected chi connectivity index (χ2v) is 5.05. The van der Waals surface area contributed by atoms with Gasteiger partial charge in [-0.3, -0.25) is 4.79 Å². The van der Waals surface area contributed by atoms with Crippen molar-refractivity contribution in [2.45, 2.75) is 13.3 Å². The molecule has 1 aromatic carbocycles. The summed E-state index contributed by atoms with van der Waals surface area (Å²) in [7, 11) is 0. The third-order valence-corrected chi connectivity index (χ3v) is 3.83. The minimum Gasteiger partial charge on any atom is -0.482 e. The van der Waals surface area contributed by atoms with Crippen molar-refractivity contribution < 1.29 is 18.3 Å². The summed E-state index contributed by atoms with van der Waals surface area (Å²) in [5.74, 6) is -2.56. The lowest BCUT2D eigenvalue weighted by atomic mass is 10.3. The van der Waals surface area contributed by atoms with Crippen molar-refractivity contribution in [2.24, 2.45) is 0 Å². The number of benzene rings is 1. The molecule has 0 saturated heterocycles. The van der Waals surface area contributed by atoms with Gasteiger partial charge in [-0.1, -0.05) is 13.0 Å². The smallest absolute Gasteiger partial charge is 0.210 e. The summed E-state index contributed by atoms with van der Waals surface area (Å²) in [6, 6.07) is 7.21. The molecule has 2 rings (SSSR count). The van der Waals surface area contributed by atoms with Crippen molar-refractivity contribution in [1.82, 2.24) is 0 Å². The Morgan fingerprint density at radius 2 is 2.05 bits per heavy atom. The molecule has 0 N–H and O–H groups in total. The topological polar surface area (TPSA) is 26.3 Å². The van der Waals surface area contributed by atoms with Crippen LogP contribution in [0.2, 0.25) is 0 Å². The summed E-state index contributed by atoms with van der Waals surface area (Å²) in [6.45, 7) is 1.70. The molecule has 0 aliphatic heterocycles. The first kappa shape index (κ1) is 13.7. The van der Waals surface area contributed by atoms with Gasteiger partial charge < -0.3 is 4.74 Å². The molecule has 0 aliphatic rings. The highest BCUT2D eigenvalue weighted by Crippen LogP contribution is 2.21. The summed E-state index contributed by atoms with van der Waals surface area (Å²) in [6.07, 6.45) is 0.858. The molecule has 0 spiro atoms. The predicted molar refractivity (Wildman–Crippen MR) is 69.9 cm³/mol. The molecule has 0 radical (unpaired) electrons. The minimum atomic E-state index is -1.07. The Morgan fingerprint density at radius 1 is 1.26 bits per heavy atom. The zero-order valence-corrected chi connectivity index (χ0v) is 11.1. The van der Waals surface area contributed by atoms with Crippen molar-refractivity contribution in [3.63, 3.8) is 0 Å². The molecule has 0 atom stereocenters. The van der Waals surface area contributed by atoms with Gasteiger partial charge >= 0.3 is 0 Å².